The van der Waals surface area contributed by atoms with Crippen molar-refractivity contribution in [1.29, 1.82) is 0 Å². The van der Waals surface area contributed by atoms with E-state index in [0.29, 0.717) is 5.92 Å². The summed E-state index contributed by atoms with van der Waals surface area (Å²) in [6, 6.07) is 5.67. The summed E-state index contributed by atoms with van der Waals surface area (Å²) in [4.78, 5) is 12.3. The maximum atomic E-state index is 12.3. The summed E-state index contributed by atoms with van der Waals surface area (Å²) < 4.78 is 6.98. The van der Waals surface area contributed by atoms with Crippen LogP contribution in [0.25, 0.3) is 10.9 Å². The number of aromatic nitrogens is 1. The lowest BCUT2D eigenvalue weighted by atomic mass is 9.98. The molecule has 0 saturated carbocycles. The normalized spacial score (nSPS) is 12.1. The number of carbonyl (C=O) groups excluding carboxylic acids is 1. The minimum atomic E-state index is -0.512. The maximum Gasteiger partial charge on any atom is 0.418 e. The van der Waals surface area contributed by atoms with Crippen LogP contribution in [-0.4, -0.2) is 16.3 Å². The van der Waals surface area contributed by atoms with Gasteiger partial charge < -0.3 is 10.5 Å². The first-order valence-corrected chi connectivity index (χ1v) is 7.31. The van der Waals surface area contributed by atoms with Gasteiger partial charge >= 0.3 is 6.09 Å². The van der Waals surface area contributed by atoms with Crippen molar-refractivity contribution in [2.24, 2.45) is 5.92 Å². The van der Waals surface area contributed by atoms with Crippen molar-refractivity contribution in [2.75, 3.05) is 5.73 Å². The highest BCUT2D eigenvalue weighted by molar-refractivity contribution is 5.94. The number of nitrogens with zero attached hydrogens (tertiary/aromatic N) is 1. The van der Waals surface area contributed by atoms with Crippen LogP contribution in [0.15, 0.2) is 24.4 Å². The van der Waals surface area contributed by atoms with Gasteiger partial charge in [-0.05, 0) is 56.9 Å². The molecular formula is C17H24N2O2. The zero-order chi connectivity index (χ0) is 15.8. The van der Waals surface area contributed by atoms with E-state index in [-0.39, 0.29) is 6.09 Å². The molecule has 0 aliphatic carbocycles. The molecule has 114 valence electrons. The molecule has 0 aliphatic rings. The van der Waals surface area contributed by atoms with Gasteiger partial charge in [-0.3, -0.25) is 4.57 Å². The van der Waals surface area contributed by atoms with E-state index in [1.165, 1.54) is 0 Å². The number of nitrogen functional groups attached to an aromatic ring is 1. The van der Waals surface area contributed by atoms with E-state index >= 15 is 0 Å². The number of ether oxygens (including phenoxy) is 1. The molecule has 0 atom stereocenters. The van der Waals surface area contributed by atoms with Gasteiger partial charge in [-0.15, -0.1) is 0 Å². The zero-order valence-corrected chi connectivity index (χ0v) is 13.4. The summed E-state index contributed by atoms with van der Waals surface area (Å²) in [6.07, 6.45) is 2.28. The predicted molar refractivity (Wildman–Crippen MR) is 86.5 cm³/mol. The maximum absolute atomic E-state index is 12.3. The Morgan fingerprint density at radius 3 is 2.52 bits per heavy atom. The minimum Gasteiger partial charge on any atom is -0.443 e. The van der Waals surface area contributed by atoms with Crippen LogP contribution in [0.1, 0.15) is 40.2 Å². The largest absolute Gasteiger partial charge is 0.443 e. The fraction of sp³-hybridized carbons (Fsp3) is 0.471. The third kappa shape index (κ3) is 3.38. The number of anilines is 1. The second kappa shape index (κ2) is 5.43. The van der Waals surface area contributed by atoms with Gasteiger partial charge in [0.1, 0.15) is 5.60 Å². The molecule has 0 spiro atoms. The van der Waals surface area contributed by atoms with E-state index in [1.807, 2.05) is 39.0 Å². The number of nitrogens with two attached hydrogens (primary N) is 1. The first kappa shape index (κ1) is 15.4. The summed E-state index contributed by atoms with van der Waals surface area (Å²) in [6.45, 7) is 9.89. The van der Waals surface area contributed by atoms with Crippen LogP contribution in [0.2, 0.25) is 0 Å². The summed E-state index contributed by atoms with van der Waals surface area (Å²) in [7, 11) is 0. The lowest BCUT2D eigenvalue weighted by Gasteiger charge is -2.20. The smallest absolute Gasteiger partial charge is 0.418 e. The lowest BCUT2D eigenvalue weighted by molar-refractivity contribution is 0.0544. The van der Waals surface area contributed by atoms with E-state index in [2.05, 4.69) is 13.8 Å². The van der Waals surface area contributed by atoms with Crippen LogP contribution < -0.4 is 5.73 Å². The molecule has 2 N–H and O–H groups in total. The average Bonchev–Trinajstić information content (AvgIpc) is 2.74. The highest BCUT2D eigenvalue weighted by Crippen LogP contribution is 2.28. The number of benzene rings is 1. The van der Waals surface area contributed by atoms with Crippen LogP contribution in [0.3, 0.4) is 0 Å². The predicted octanol–water partition coefficient (Wildman–Crippen LogP) is 4.21. The number of carbonyl (C=O) groups is 1. The Morgan fingerprint density at radius 2 is 1.95 bits per heavy atom. The van der Waals surface area contributed by atoms with E-state index < -0.39 is 5.60 Å². The van der Waals surface area contributed by atoms with Crippen LogP contribution in [0.4, 0.5) is 10.5 Å². The van der Waals surface area contributed by atoms with Crippen LogP contribution in [0, 0.1) is 5.92 Å². The molecule has 0 radical (unpaired) electrons. The molecule has 1 aromatic carbocycles. The zero-order valence-electron chi connectivity index (χ0n) is 13.4. The monoisotopic (exact) mass is 288 g/mol. The Labute approximate surface area is 125 Å². The Morgan fingerprint density at radius 1 is 1.29 bits per heavy atom. The Hall–Kier alpha value is -1.97. The molecule has 0 amide bonds. The third-order valence-corrected chi connectivity index (χ3v) is 3.22. The molecule has 2 rings (SSSR count). The molecule has 0 aliphatic heterocycles. The molecular weight excluding hydrogens is 264 g/mol. The number of hydrogen-bond acceptors (Lipinski definition) is 3. The van der Waals surface area contributed by atoms with Gasteiger partial charge in [-0.25, -0.2) is 4.79 Å². The van der Waals surface area contributed by atoms with Gasteiger partial charge in [-0.2, -0.15) is 0 Å². The van der Waals surface area contributed by atoms with Gasteiger partial charge in [0.2, 0.25) is 0 Å². The van der Waals surface area contributed by atoms with Gasteiger partial charge in [-0.1, -0.05) is 13.8 Å². The van der Waals surface area contributed by atoms with Gasteiger partial charge in [0, 0.05) is 17.3 Å². The molecule has 0 fully saturated rings. The van der Waals surface area contributed by atoms with Crippen molar-refractivity contribution in [3.05, 3.63) is 30.0 Å². The molecule has 4 nitrogen and oxygen atoms in total. The third-order valence-electron chi connectivity index (χ3n) is 3.22. The number of fused-ring (bicyclic) bond motifs is 1. The summed E-state index contributed by atoms with van der Waals surface area (Å²) in [5.41, 5.74) is 8.30. The molecule has 1 aromatic heterocycles. The average molecular weight is 288 g/mol. The molecule has 2 aromatic rings. The van der Waals surface area contributed by atoms with Crippen LogP contribution in [0.5, 0.6) is 0 Å². The van der Waals surface area contributed by atoms with Crippen molar-refractivity contribution in [1.82, 2.24) is 4.57 Å². The quantitative estimate of drug-likeness (QED) is 0.842. The summed E-state index contributed by atoms with van der Waals surface area (Å²) >= 11 is 0. The second-order valence-electron chi connectivity index (χ2n) is 6.83. The van der Waals surface area contributed by atoms with Crippen molar-refractivity contribution < 1.29 is 9.53 Å². The van der Waals surface area contributed by atoms with E-state index in [9.17, 15) is 4.79 Å². The topological polar surface area (TPSA) is 57.2 Å². The SMILES string of the molecule is CC(C)Cc1c(N)ccc2c1ccn2C(=O)OC(C)(C)C. The van der Waals surface area contributed by atoms with Gasteiger partial charge in [0.15, 0.2) is 0 Å². The van der Waals surface area contributed by atoms with E-state index in [0.717, 1.165) is 28.6 Å². The summed E-state index contributed by atoms with van der Waals surface area (Å²) in [5, 5.41) is 1.02. The van der Waals surface area contributed by atoms with Gasteiger partial charge in [0.25, 0.3) is 0 Å². The molecule has 0 bridgehead atoms. The lowest BCUT2D eigenvalue weighted by Crippen LogP contribution is -2.26. The fourth-order valence-corrected chi connectivity index (χ4v) is 2.40. The molecule has 0 unspecified atom stereocenters. The van der Waals surface area contributed by atoms with E-state index in [1.54, 1.807) is 10.8 Å². The fourth-order valence-electron chi connectivity index (χ4n) is 2.40. The second-order valence-corrected chi connectivity index (χ2v) is 6.83. The van der Waals surface area contributed by atoms with E-state index in [4.69, 9.17) is 10.5 Å². The number of rotatable bonds is 2. The Bertz CT molecular complexity index is 663. The van der Waals surface area contributed by atoms with Crippen molar-refractivity contribution in [2.45, 2.75) is 46.6 Å². The van der Waals surface area contributed by atoms with Crippen molar-refractivity contribution >= 4 is 22.7 Å². The highest BCUT2D eigenvalue weighted by Gasteiger charge is 2.20. The summed E-state index contributed by atoms with van der Waals surface area (Å²) in [5.74, 6) is 0.503. The van der Waals surface area contributed by atoms with Gasteiger partial charge in [0.05, 0.1) is 5.52 Å². The molecule has 1 heterocycles. The first-order valence-electron chi connectivity index (χ1n) is 7.31. The number of hydrogen-bond donors (Lipinski definition) is 1. The standard InChI is InChI=1S/C17H24N2O2/c1-11(2)10-13-12-8-9-19(15(12)7-6-14(13)18)16(20)21-17(3,4)5/h6-9,11H,10,18H2,1-5H3. The molecule has 4 heteroatoms. The minimum absolute atomic E-state index is 0.363. The van der Waals surface area contributed by atoms with Crippen molar-refractivity contribution in [3.63, 3.8) is 0 Å². The Balaban J connectivity index is 2.48. The molecule has 21 heavy (non-hydrogen) atoms. The van der Waals surface area contributed by atoms with Crippen molar-refractivity contribution in [3.8, 4) is 0 Å². The molecule has 0 saturated heterocycles. The first-order chi connectivity index (χ1) is 9.69. The Kier molecular flexibility index (Phi) is 3.99. The highest BCUT2D eigenvalue weighted by atomic mass is 16.6. The van der Waals surface area contributed by atoms with Crippen LogP contribution >= 0.6 is 0 Å². The van der Waals surface area contributed by atoms with Crippen LogP contribution in [-0.2, 0) is 11.2 Å².